The van der Waals surface area contributed by atoms with E-state index in [2.05, 4.69) is 20.7 Å². The van der Waals surface area contributed by atoms with Gasteiger partial charge in [-0.15, -0.1) is 0 Å². The first-order valence-electron chi connectivity index (χ1n) is 5.26. The summed E-state index contributed by atoms with van der Waals surface area (Å²) in [6.45, 7) is 0. The molecule has 0 saturated heterocycles. The molecule has 1 aromatic carbocycles. The molecule has 0 saturated carbocycles. The molecule has 0 fully saturated rings. The molecule has 0 aromatic heterocycles. The molecule has 0 radical (unpaired) electrons. The van der Waals surface area contributed by atoms with Crippen molar-refractivity contribution >= 4 is 21.9 Å². The van der Waals surface area contributed by atoms with Crippen molar-refractivity contribution in [3.63, 3.8) is 0 Å². The second-order valence-electron chi connectivity index (χ2n) is 3.69. The van der Waals surface area contributed by atoms with Crippen LogP contribution in [0.2, 0.25) is 0 Å². The number of hydrogen-bond donors (Lipinski definition) is 2. The number of carbonyl (C=O) groups is 1. The van der Waals surface area contributed by atoms with E-state index in [1.54, 1.807) is 18.2 Å². The van der Waals surface area contributed by atoms with Crippen LogP contribution in [0.4, 0.5) is 0 Å². The lowest BCUT2D eigenvalue weighted by atomic mass is 10.0. The van der Waals surface area contributed by atoms with Gasteiger partial charge in [-0.25, -0.2) is 0 Å². The van der Waals surface area contributed by atoms with Crippen LogP contribution >= 0.6 is 15.9 Å². The molecule has 0 aliphatic heterocycles. The van der Waals surface area contributed by atoms with E-state index in [9.17, 15) is 15.0 Å². The lowest BCUT2D eigenvalue weighted by Crippen LogP contribution is -2.22. The Labute approximate surface area is 113 Å². The lowest BCUT2D eigenvalue weighted by molar-refractivity contribution is -0.144. The molecule has 2 N–H and O–H groups in total. The van der Waals surface area contributed by atoms with Crippen LogP contribution in [-0.2, 0) is 9.53 Å². The van der Waals surface area contributed by atoms with Crippen molar-refractivity contribution in [1.82, 2.24) is 0 Å². The second-order valence-corrected chi connectivity index (χ2v) is 4.54. The predicted octanol–water partition coefficient (Wildman–Crippen LogP) is 1.42. The molecule has 100 valence electrons. The zero-order valence-corrected chi connectivity index (χ0v) is 11.7. The molecule has 0 aliphatic rings. The quantitative estimate of drug-likeness (QED) is 0.803. The summed E-state index contributed by atoms with van der Waals surface area (Å²) in [6.07, 6.45) is -2.66. The first-order valence-corrected chi connectivity index (χ1v) is 6.05. The normalized spacial score (nSPS) is 13.8. The first-order chi connectivity index (χ1) is 8.49. The van der Waals surface area contributed by atoms with Crippen molar-refractivity contribution in [2.24, 2.45) is 0 Å². The topological polar surface area (TPSA) is 76.0 Å². The Morgan fingerprint density at radius 1 is 1.39 bits per heavy atom. The van der Waals surface area contributed by atoms with Gasteiger partial charge in [-0.05, 0) is 33.6 Å². The summed E-state index contributed by atoms with van der Waals surface area (Å²) in [7, 11) is 2.73. The third-order valence-corrected chi connectivity index (χ3v) is 3.14. The van der Waals surface area contributed by atoms with Crippen molar-refractivity contribution < 1.29 is 24.5 Å². The Balaban J connectivity index is 2.83. The summed E-state index contributed by atoms with van der Waals surface area (Å²) in [5.41, 5.74) is 0.464. The molecule has 6 heteroatoms. The van der Waals surface area contributed by atoms with Gasteiger partial charge in [0.2, 0.25) is 0 Å². The smallest absolute Gasteiger partial charge is 0.308 e. The lowest BCUT2D eigenvalue weighted by Gasteiger charge is -2.18. The van der Waals surface area contributed by atoms with Gasteiger partial charge in [-0.1, -0.05) is 6.07 Å². The van der Waals surface area contributed by atoms with Crippen molar-refractivity contribution in [3.8, 4) is 5.75 Å². The molecule has 5 nitrogen and oxygen atoms in total. The zero-order valence-electron chi connectivity index (χ0n) is 10.1. The Morgan fingerprint density at radius 2 is 2.06 bits per heavy atom. The number of aliphatic hydroxyl groups is 2. The van der Waals surface area contributed by atoms with Crippen molar-refractivity contribution in [3.05, 3.63) is 28.2 Å². The largest absolute Gasteiger partial charge is 0.496 e. The molecule has 0 bridgehead atoms. The van der Waals surface area contributed by atoms with Crippen LogP contribution in [0.3, 0.4) is 0 Å². The zero-order chi connectivity index (χ0) is 13.7. The second kappa shape index (κ2) is 6.72. The van der Waals surface area contributed by atoms with Crippen molar-refractivity contribution in [2.75, 3.05) is 14.2 Å². The number of ether oxygens (including phenoxy) is 2. The van der Waals surface area contributed by atoms with Crippen molar-refractivity contribution in [1.29, 1.82) is 0 Å². The number of hydrogen-bond acceptors (Lipinski definition) is 5. The number of esters is 1. The van der Waals surface area contributed by atoms with Crippen LogP contribution in [0, 0.1) is 0 Å². The van der Waals surface area contributed by atoms with Gasteiger partial charge in [0, 0.05) is 0 Å². The minimum Gasteiger partial charge on any atom is -0.496 e. The molecule has 0 heterocycles. The summed E-state index contributed by atoms with van der Waals surface area (Å²) in [5.74, 6) is -0.0394. The summed E-state index contributed by atoms with van der Waals surface area (Å²) >= 11 is 3.29. The van der Waals surface area contributed by atoms with Gasteiger partial charge in [0.05, 0.1) is 31.2 Å². The van der Waals surface area contributed by atoms with Crippen LogP contribution in [0.25, 0.3) is 0 Å². The number of benzene rings is 1. The minimum absolute atomic E-state index is 0.268. The van der Waals surface area contributed by atoms with E-state index in [1.165, 1.54) is 14.2 Å². The van der Waals surface area contributed by atoms with Gasteiger partial charge in [0.25, 0.3) is 0 Å². The summed E-state index contributed by atoms with van der Waals surface area (Å²) in [6, 6.07) is 4.93. The molecular weight excluding hydrogens is 304 g/mol. The van der Waals surface area contributed by atoms with E-state index < -0.39 is 18.2 Å². The highest BCUT2D eigenvalue weighted by Crippen LogP contribution is 2.29. The predicted molar refractivity (Wildman–Crippen MR) is 68.3 cm³/mol. The molecule has 0 spiro atoms. The van der Waals surface area contributed by atoms with Gasteiger partial charge in [0.1, 0.15) is 11.9 Å². The van der Waals surface area contributed by atoms with Crippen LogP contribution < -0.4 is 4.74 Å². The van der Waals surface area contributed by atoms with Gasteiger partial charge in [-0.2, -0.15) is 0 Å². The molecule has 0 amide bonds. The molecular formula is C12H15BrO5. The Hall–Kier alpha value is -1.11. The molecule has 1 aromatic rings. The van der Waals surface area contributed by atoms with E-state index in [0.29, 0.717) is 11.3 Å². The van der Waals surface area contributed by atoms with Crippen LogP contribution in [0.5, 0.6) is 5.75 Å². The van der Waals surface area contributed by atoms with E-state index in [0.717, 1.165) is 4.47 Å². The maximum atomic E-state index is 11.0. The molecule has 18 heavy (non-hydrogen) atoms. The van der Waals surface area contributed by atoms with Crippen LogP contribution in [0.1, 0.15) is 18.1 Å². The molecule has 2 unspecified atom stereocenters. The fourth-order valence-electron chi connectivity index (χ4n) is 1.45. The number of aliphatic hydroxyl groups excluding tert-OH is 2. The number of halogens is 1. The van der Waals surface area contributed by atoms with Crippen LogP contribution in [-0.4, -0.2) is 36.5 Å². The van der Waals surface area contributed by atoms with Gasteiger partial charge in [0.15, 0.2) is 0 Å². The number of methoxy groups -OCH3 is 2. The van der Waals surface area contributed by atoms with Gasteiger partial charge in [-0.3, -0.25) is 4.79 Å². The average molecular weight is 319 g/mol. The van der Waals surface area contributed by atoms with Gasteiger partial charge >= 0.3 is 5.97 Å². The monoisotopic (exact) mass is 318 g/mol. The van der Waals surface area contributed by atoms with Crippen molar-refractivity contribution in [2.45, 2.75) is 18.6 Å². The van der Waals surface area contributed by atoms with Gasteiger partial charge < -0.3 is 19.7 Å². The molecule has 2 atom stereocenters. The summed E-state index contributed by atoms with van der Waals surface area (Å²) in [5, 5.41) is 19.6. The molecule has 0 aliphatic carbocycles. The fourth-order valence-corrected chi connectivity index (χ4v) is 1.86. The first kappa shape index (κ1) is 14.9. The Bertz CT molecular complexity index is 421. The van der Waals surface area contributed by atoms with E-state index in [1.807, 2.05) is 0 Å². The minimum atomic E-state index is -1.22. The SMILES string of the molecule is COC(=O)CC(O)C(O)c1ccc(Br)c(OC)c1. The summed E-state index contributed by atoms with van der Waals surface area (Å²) in [4.78, 5) is 11.0. The number of rotatable bonds is 5. The fraction of sp³-hybridized carbons (Fsp3) is 0.417. The maximum Gasteiger partial charge on any atom is 0.308 e. The van der Waals surface area contributed by atoms with E-state index >= 15 is 0 Å². The number of carbonyl (C=O) groups excluding carboxylic acids is 1. The maximum absolute atomic E-state index is 11.0. The Kier molecular flexibility index (Phi) is 5.58. The highest BCUT2D eigenvalue weighted by Gasteiger charge is 2.22. The van der Waals surface area contributed by atoms with Crippen LogP contribution in [0.15, 0.2) is 22.7 Å². The third-order valence-electron chi connectivity index (χ3n) is 2.48. The Morgan fingerprint density at radius 3 is 2.61 bits per heavy atom. The highest BCUT2D eigenvalue weighted by molar-refractivity contribution is 9.10. The standard InChI is InChI=1S/C12H15BrO5/c1-17-10-5-7(3-4-8(10)13)12(16)9(14)6-11(15)18-2/h3-5,9,12,14,16H,6H2,1-2H3. The third kappa shape index (κ3) is 3.69. The van der Waals surface area contributed by atoms with E-state index in [-0.39, 0.29) is 6.42 Å². The summed E-state index contributed by atoms with van der Waals surface area (Å²) < 4.78 is 10.3. The van der Waals surface area contributed by atoms with E-state index in [4.69, 9.17) is 4.74 Å². The average Bonchev–Trinajstić information content (AvgIpc) is 2.38. The highest BCUT2D eigenvalue weighted by atomic mass is 79.9. The molecule has 1 rings (SSSR count).